The van der Waals surface area contributed by atoms with Gasteiger partial charge in [-0.15, -0.1) is 0 Å². The zero-order chi connectivity index (χ0) is 24.8. The third kappa shape index (κ3) is 4.85. The van der Waals surface area contributed by atoms with E-state index in [9.17, 15) is 0 Å². The van der Waals surface area contributed by atoms with E-state index in [-0.39, 0.29) is 0 Å². The molecule has 0 amide bonds. The lowest BCUT2D eigenvalue weighted by Crippen LogP contribution is -2.45. The van der Waals surface area contributed by atoms with E-state index in [1.54, 1.807) is 6.07 Å². The summed E-state index contributed by atoms with van der Waals surface area (Å²) in [5.74, 6) is 5.13. The molecule has 1 aromatic heterocycles. The van der Waals surface area contributed by atoms with Gasteiger partial charge in [-0.25, -0.2) is 4.68 Å². The van der Waals surface area contributed by atoms with Crippen LogP contribution in [-0.2, 0) is 6.54 Å². The zero-order valence-electron chi connectivity index (χ0n) is 20.8. The van der Waals surface area contributed by atoms with Crippen molar-refractivity contribution < 1.29 is 0 Å². The van der Waals surface area contributed by atoms with E-state index in [4.69, 9.17) is 39.9 Å². The number of rotatable bonds is 8. The van der Waals surface area contributed by atoms with Gasteiger partial charge in [0.2, 0.25) is 0 Å². The van der Waals surface area contributed by atoms with Gasteiger partial charge in [-0.2, -0.15) is 5.10 Å². The normalized spacial score (nSPS) is 26.6. The number of nitrogens with one attached hydrogen (secondary N) is 1. The molecule has 1 heterocycles. The Bertz CT molecular complexity index is 1200. The fraction of sp³-hybridized carbons (Fsp3) is 0.500. The van der Waals surface area contributed by atoms with Crippen LogP contribution in [0.15, 0.2) is 42.5 Å². The molecule has 1 N–H and O–H groups in total. The third-order valence-electron chi connectivity index (χ3n) is 9.08. The summed E-state index contributed by atoms with van der Waals surface area (Å²) in [6.45, 7) is 3.92. The van der Waals surface area contributed by atoms with Crippen LogP contribution in [0.25, 0.3) is 16.9 Å². The van der Waals surface area contributed by atoms with Crippen molar-refractivity contribution in [3.63, 3.8) is 0 Å². The van der Waals surface area contributed by atoms with Crippen LogP contribution < -0.4 is 5.32 Å². The SMILES string of the molecule is Cc1c(CNCCCC2C3CC4CC(C3)CC2C4)nn(-c2ccc(Cl)cc2Cl)c1-c1ccc(Cl)cc1. The Labute approximate surface area is 229 Å². The topological polar surface area (TPSA) is 29.9 Å². The predicted molar refractivity (Wildman–Crippen MR) is 150 cm³/mol. The number of halogens is 3. The molecule has 4 saturated carbocycles. The fourth-order valence-corrected chi connectivity index (χ4v) is 8.28. The van der Waals surface area contributed by atoms with Crippen LogP contribution in [0.3, 0.4) is 0 Å². The van der Waals surface area contributed by atoms with Gasteiger partial charge in [0, 0.05) is 22.2 Å². The van der Waals surface area contributed by atoms with E-state index < -0.39 is 0 Å². The maximum absolute atomic E-state index is 6.60. The minimum absolute atomic E-state index is 0.579. The summed E-state index contributed by atoms with van der Waals surface area (Å²) in [6, 6.07) is 13.5. The Kier molecular flexibility index (Phi) is 7.11. The Hall–Kier alpha value is -1.52. The monoisotopic (exact) mass is 541 g/mol. The van der Waals surface area contributed by atoms with Crippen molar-refractivity contribution in [2.45, 2.75) is 58.4 Å². The number of benzene rings is 2. The summed E-state index contributed by atoms with van der Waals surface area (Å²) >= 11 is 18.9. The van der Waals surface area contributed by atoms with Gasteiger partial charge in [-0.1, -0.05) is 46.9 Å². The molecule has 36 heavy (non-hydrogen) atoms. The molecular weight excluding hydrogens is 509 g/mol. The largest absolute Gasteiger partial charge is 0.311 e. The molecule has 0 aliphatic heterocycles. The Balaban J connectivity index is 1.15. The molecule has 6 heteroatoms. The van der Waals surface area contributed by atoms with Crippen LogP contribution in [-0.4, -0.2) is 16.3 Å². The zero-order valence-corrected chi connectivity index (χ0v) is 23.1. The summed E-state index contributed by atoms with van der Waals surface area (Å²) in [7, 11) is 0. The molecule has 2 aromatic carbocycles. The Morgan fingerprint density at radius 1 is 0.889 bits per heavy atom. The first-order chi connectivity index (χ1) is 17.5. The standard InChI is InChI=1S/C30H34Cl3N3/c1-18-28(17-34-10-2-3-26-22-12-19-11-20(14-22)15-23(26)13-19)35-36(29-9-8-25(32)16-27(29)33)30(18)21-4-6-24(31)7-5-21/h4-9,16,19-20,22-23,26,34H,2-3,10-15,17H2,1H3. The van der Waals surface area contributed by atoms with Crippen molar-refractivity contribution in [1.29, 1.82) is 0 Å². The van der Waals surface area contributed by atoms with Gasteiger partial charge < -0.3 is 5.32 Å². The first-order valence-corrected chi connectivity index (χ1v) is 14.6. The van der Waals surface area contributed by atoms with E-state index >= 15 is 0 Å². The van der Waals surface area contributed by atoms with E-state index in [2.05, 4.69) is 12.2 Å². The van der Waals surface area contributed by atoms with Gasteiger partial charge in [0.15, 0.2) is 0 Å². The molecule has 0 unspecified atom stereocenters. The van der Waals surface area contributed by atoms with Crippen molar-refractivity contribution in [3.05, 3.63) is 68.8 Å². The smallest absolute Gasteiger partial charge is 0.0840 e. The molecule has 4 aliphatic rings. The molecule has 0 spiro atoms. The van der Waals surface area contributed by atoms with Gasteiger partial charge >= 0.3 is 0 Å². The molecular formula is C30H34Cl3N3. The number of hydrogen-bond acceptors (Lipinski definition) is 2. The summed E-state index contributed by atoms with van der Waals surface area (Å²) < 4.78 is 1.95. The van der Waals surface area contributed by atoms with Gasteiger partial charge in [-0.3, -0.25) is 0 Å². The maximum Gasteiger partial charge on any atom is 0.0840 e. The highest BCUT2D eigenvalue weighted by atomic mass is 35.5. The van der Waals surface area contributed by atoms with Gasteiger partial charge in [0.1, 0.15) is 0 Å². The molecule has 7 rings (SSSR count). The predicted octanol–water partition coefficient (Wildman–Crippen LogP) is 8.75. The van der Waals surface area contributed by atoms with E-state index in [1.807, 2.05) is 41.1 Å². The Morgan fingerprint density at radius 2 is 1.56 bits per heavy atom. The number of nitrogens with zero attached hydrogens (tertiary/aromatic N) is 2. The maximum atomic E-state index is 6.60. The number of hydrogen-bond donors (Lipinski definition) is 1. The average Bonchev–Trinajstić information content (AvgIpc) is 3.16. The minimum Gasteiger partial charge on any atom is -0.311 e. The summed E-state index contributed by atoms with van der Waals surface area (Å²) in [5.41, 5.74) is 5.10. The average molecular weight is 543 g/mol. The second kappa shape index (κ2) is 10.3. The highest BCUT2D eigenvalue weighted by Gasteiger charge is 2.47. The van der Waals surface area contributed by atoms with Crippen molar-refractivity contribution in [2.75, 3.05) is 6.54 Å². The van der Waals surface area contributed by atoms with Crippen molar-refractivity contribution in [1.82, 2.24) is 15.1 Å². The van der Waals surface area contributed by atoms with Gasteiger partial charge in [0.05, 0.1) is 22.1 Å². The van der Waals surface area contributed by atoms with Crippen molar-refractivity contribution in [2.24, 2.45) is 29.6 Å². The molecule has 0 atom stereocenters. The van der Waals surface area contributed by atoms with Crippen LogP contribution in [0.2, 0.25) is 15.1 Å². The van der Waals surface area contributed by atoms with E-state index in [0.717, 1.165) is 70.9 Å². The minimum atomic E-state index is 0.579. The molecule has 4 aliphatic carbocycles. The van der Waals surface area contributed by atoms with Crippen LogP contribution in [0.1, 0.15) is 56.2 Å². The highest BCUT2D eigenvalue weighted by Crippen LogP contribution is 2.57. The summed E-state index contributed by atoms with van der Waals surface area (Å²) in [6.07, 6.45) is 10.2. The van der Waals surface area contributed by atoms with Crippen molar-refractivity contribution >= 4 is 34.8 Å². The van der Waals surface area contributed by atoms with Crippen LogP contribution in [0.4, 0.5) is 0 Å². The first-order valence-electron chi connectivity index (χ1n) is 13.5. The van der Waals surface area contributed by atoms with E-state index in [1.165, 1.54) is 44.9 Å². The lowest BCUT2D eigenvalue weighted by atomic mass is 9.51. The lowest BCUT2D eigenvalue weighted by Gasteiger charge is -2.54. The fourth-order valence-electron chi connectivity index (χ4n) is 7.66. The highest BCUT2D eigenvalue weighted by molar-refractivity contribution is 6.35. The van der Waals surface area contributed by atoms with E-state index in [0.29, 0.717) is 15.1 Å². The second-order valence-corrected chi connectivity index (χ2v) is 12.6. The molecule has 3 aromatic rings. The van der Waals surface area contributed by atoms with Gasteiger partial charge in [0.25, 0.3) is 0 Å². The first kappa shape index (κ1) is 24.8. The molecule has 4 fully saturated rings. The second-order valence-electron chi connectivity index (χ2n) is 11.3. The summed E-state index contributed by atoms with van der Waals surface area (Å²) in [4.78, 5) is 0. The molecule has 4 bridgehead atoms. The van der Waals surface area contributed by atoms with Gasteiger partial charge in [-0.05, 0) is 124 Å². The van der Waals surface area contributed by atoms with Crippen LogP contribution >= 0.6 is 34.8 Å². The van der Waals surface area contributed by atoms with Crippen LogP contribution in [0, 0.1) is 36.5 Å². The quantitative estimate of drug-likeness (QED) is 0.288. The third-order valence-corrected chi connectivity index (χ3v) is 9.87. The Morgan fingerprint density at radius 3 is 2.22 bits per heavy atom. The lowest BCUT2D eigenvalue weighted by molar-refractivity contribution is -0.0401. The van der Waals surface area contributed by atoms with Crippen molar-refractivity contribution in [3.8, 4) is 16.9 Å². The molecule has 0 radical (unpaired) electrons. The molecule has 190 valence electrons. The molecule has 0 saturated heterocycles. The number of aromatic nitrogens is 2. The van der Waals surface area contributed by atoms with Crippen LogP contribution in [0.5, 0.6) is 0 Å². The summed E-state index contributed by atoms with van der Waals surface area (Å²) in [5, 5.41) is 10.6. The molecule has 3 nitrogen and oxygen atoms in total.